The van der Waals surface area contributed by atoms with Crippen molar-refractivity contribution >= 4 is 30.1 Å². The minimum absolute atomic E-state index is 0.173. The van der Waals surface area contributed by atoms with E-state index < -0.39 is 11.9 Å². The van der Waals surface area contributed by atoms with Gasteiger partial charge in [0.25, 0.3) is 0 Å². The van der Waals surface area contributed by atoms with Crippen LogP contribution in [-0.2, 0) is 18.7 Å². The quantitative estimate of drug-likeness (QED) is 0.272. The summed E-state index contributed by atoms with van der Waals surface area (Å²) in [5.74, 6) is -0.363. The molecule has 2 rings (SSSR count). The molecule has 28 heavy (non-hydrogen) atoms. The van der Waals surface area contributed by atoms with E-state index in [1.807, 2.05) is 0 Å². The number of hydrogen-bond donors (Lipinski definition) is 0. The van der Waals surface area contributed by atoms with Gasteiger partial charge in [0.1, 0.15) is 11.5 Å². The Balaban J connectivity index is 2.47. The molecule has 0 atom stereocenters. The summed E-state index contributed by atoms with van der Waals surface area (Å²) < 4.78 is 20.4. The molecule has 0 bridgehead atoms. The van der Waals surface area contributed by atoms with Crippen molar-refractivity contribution < 1.29 is 33.0 Å². The standard InChI is InChI=1S/C20H20O7S/c1-5-6-16-17(20(22)24-3)11-13(19(21)23-2)12-18(16)26-14-7-9-15(10-8-14)28-27-25-4/h5-12H,1-4H3. The average Bonchev–Trinajstić information content (AvgIpc) is 2.73. The second-order valence-electron chi connectivity index (χ2n) is 5.31. The first kappa shape index (κ1) is 21.5. The topological polar surface area (TPSA) is 80.3 Å². The first-order valence-corrected chi connectivity index (χ1v) is 8.90. The summed E-state index contributed by atoms with van der Waals surface area (Å²) in [6.45, 7) is 1.81. The van der Waals surface area contributed by atoms with Gasteiger partial charge in [0.05, 0.1) is 44.5 Å². The Bertz CT molecular complexity index is 860. The molecule has 0 unspecified atom stereocenters. The number of rotatable bonds is 8. The molecule has 0 spiro atoms. The Morgan fingerprint density at radius 1 is 0.964 bits per heavy atom. The highest BCUT2D eigenvalue weighted by atomic mass is 32.2. The third-order valence-electron chi connectivity index (χ3n) is 3.55. The van der Waals surface area contributed by atoms with E-state index in [1.54, 1.807) is 43.3 Å². The summed E-state index contributed by atoms with van der Waals surface area (Å²) in [5.41, 5.74) is 0.856. The van der Waals surface area contributed by atoms with Gasteiger partial charge >= 0.3 is 11.9 Å². The monoisotopic (exact) mass is 404 g/mol. The smallest absolute Gasteiger partial charge is 0.338 e. The molecule has 7 nitrogen and oxygen atoms in total. The molecule has 0 aliphatic heterocycles. The van der Waals surface area contributed by atoms with E-state index in [4.69, 9.17) is 18.5 Å². The van der Waals surface area contributed by atoms with Crippen LogP contribution in [0.15, 0.2) is 47.4 Å². The Kier molecular flexibility index (Phi) is 8.06. The molecule has 148 valence electrons. The summed E-state index contributed by atoms with van der Waals surface area (Å²) in [6, 6.07) is 9.94. The van der Waals surface area contributed by atoms with Crippen LogP contribution in [0, 0.1) is 0 Å². The van der Waals surface area contributed by atoms with Crippen LogP contribution in [0.1, 0.15) is 33.2 Å². The highest BCUT2D eigenvalue weighted by Gasteiger charge is 2.20. The molecule has 8 heteroatoms. The van der Waals surface area contributed by atoms with Crippen molar-refractivity contribution in [2.45, 2.75) is 11.8 Å². The van der Waals surface area contributed by atoms with Crippen LogP contribution in [0.4, 0.5) is 0 Å². The van der Waals surface area contributed by atoms with E-state index in [2.05, 4.69) is 4.89 Å². The van der Waals surface area contributed by atoms with Crippen LogP contribution in [0.2, 0.25) is 0 Å². The third-order valence-corrected chi connectivity index (χ3v) is 4.22. The normalized spacial score (nSPS) is 10.7. The van der Waals surface area contributed by atoms with Crippen molar-refractivity contribution in [1.29, 1.82) is 0 Å². The minimum Gasteiger partial charge on any atom is -0.465 e. The van der Waals surface area contributed by atoms with Crippen molar-refractivity contribution in [3.05, 3.63) is 59.2 Å². The first-order valence-electron chi connectivity index (χ1n) is 8.16. The number of benzene rings is 2. The highest BCUT2D eigenvalue weighted by molar-refractivity contribution is 7.94. The van der Waals surface area contributed by atoms with Crippen LogP contribution in [0.5, 0.6) is 11.5 Å². The van der Waals surface area contributed by atoms with Crippen LogP contribution in [0.3, 0.4) is 0 Å². The lowest BCUT2D eigenvalue weighted by Crippen LogP contribution is -2.09. The van der Waals surface area contributed by atoms with Gasteiger partial charge in [-0.3, -0.25) is 0 Å². The zero-order valence-corrected chi connectivity index (χ0v) is 16.7. The first-order chi connectivity index (χ1) is 13.5. The Labute approximate surface area is 167 Å². The van der Waals surface area contributed by atoms with Crippen LogP contribution >= 0.6 is 12.0 Å². The molecule has 0 saturated heterocycles. The van der Waals surface area contributed by atoms with Gasteiger partial charge in [-0.05, 0) is 43.3 Å². The van der Waals surface area contributed by atoms with Gasteiger partial charge in [-0.25, -0.2) is 14.5 Å². The molecule has 0 aliphatic rings. The third kappa shape index (κ3) is 5.35. The van der Waals surface area contributed by atoms with E-state index in [0.717, 1.165) is 16.9 Å². The van der Waals surface area contributed by atoms with Crippen LogP contribution < -0.4 is 4.74 Å². The number of ether oxygens (including phenoxy) is 3. The van der Waals surface area contributed by atoms with Gasteiger partial charge in [0.15, 0.2) is 0 Å². The van der Waals surface area contributed by atoms with Gasteiger partial charge in [-0.2, -0.15) is 4.33 Å². The Hall–Kier alpha value is -2.81. The number of hydrogen-bond acceptors (Lipinski definition) is 8. The van der Waals surface area contributed by atoms with E-state index >= 15 is 0 Å². The van der Waals surface area contributed by atoms with Crippen molar-refractivity contribution in [3.63, 3.8) is 0 Å². The van der Waals surface area contributed by atoms with Crippen molar-refractivity contribution in [1.82, 2.24) is 0 Å². The van der Waals surface area contributed by atoms with Gasteiger partial charge in [-0.1, -0.05) is 12.2 Å². The average molecular weight is 404 g/mol. The summed E-state index contributed by atoms with van der Waals surface area (Å²) in [7, 11) is 3.95. The second kappa shape index (κ2) is 10.5. The van der Waals surface area contributed by atoms with Crippen molar-refractivity contribution in [2.75, 3.05) is 21.3 Å². The molecule has 0 heterocycles. The van der Waals surface area contributed by atoms with Crippen LogP contribution in [-0.4, -0.2) is 33.3 Å². The lowest BCUT2D eigenvalue weighted by molar-refractivity contribution is -0.160. The molecule has 0 aromatic heterocycles. The predicted molar refractivity (Wildman–Crippen MR) is 104 cm³/mol. The molecule has 0 radical (unpaired) electrons. The Morgan fingerprint density at radius 2 is 1.64 bits per heavy atom. The summed E-state index contributed by atoms with van der Waals surface area (Å²) in [5, 5.41) is 0. The molecule has 0 saturated carbocycles. The zero-order chi connectivity index (χ0) is 20.5. The molecular formula is C20H20O7S. The van der Waals surface area contributed by atoms with Gasteiger partial charge < -0.3 is 14.2 Å². The molecule has 2 aromatic carbocycles. The summed E-state index contributed by atoms with van der Waals surface area (Å²) >= 11 is 1.05. The van der Waals surface area contributed by atoms with Crippen molar-refractivity contribution in [3.8, 4) is 11.5 Å². The number of esters is 2. The fraction of sp³-hybridized carbons (Fsp3) is 0.200. The summed E-state index contributed by atoms with van der Waals surface area (Å²) in [4.78, 5) is 29.6. The zero-order valence-electron chi connectivity index (χ0n) is 15.9. The van der Waals surface area contributed by atoms with E-state index in [-0.39, 0.29) is 11.1 Å². The second-order valence-corrected chi connectivity index (χ2v) is 6.08. The largest absolute Gasteiger partial charge is 0.465 e. The minimum atomic E-state index is -0.592. The predicted octanol–water partition coefficient (Wildman–Crippen LogP) is 4.67. The number of carbonyl (C=O) groups is 2. The number of allylic oxidation sites excluding steroid dienone is 1. The van der Waals surface area contributed by atoms with Crippen molar-refractivity contribution in [2.24, 2.45) is 0 Å². The lowest BCUT2D eigenvalue weighted by atomic mass is 10.0. The fourth-order valence-corrected chi connectivity index (χ4v) is 2.72. The van der Waals surface area contributed by atoms with Gasteiger partial charge in [0.2, 0.25) is 0 Å². The Morgan fingerprint density at radius 3 is 2.21 bits per heavy atom. The molecule has 2 aromatic rings. The maximum absolute atomic E-state index is 12.2. The SMILES string of the molecule is CC=Cc1c(Oc2ccc(SOOC)cc2)cc(C(=O)OC)cc1C(=O)OC. The van der Waals surface area contributed by atoms with E-state index in [0.29, 0.717) is 17.1 Å². The molecular weight excluding hydrogens is 384 g/mol. The molecule has 0 aliphatic carbocycles. The maximum Gasteiger partial charge on any atom is 0.338 e. The number of methoxy groups -OCH3 is 2. The van der Waals surface area contributed by atoms with Crippen LogP contribution in [0.25, 0.3) is 6.08 Å². The maximum atomic E-state index is 12.2. The number of carbonyl (C=O) groups excluding carboxylic acids is 2. The molecule has 0 N–H and O–H groups in total. The lowest BCUT2D eigenvalue weighted by Gasteiger charge is -2.14. The molecule has 0 amide bonds. The van der Waals surface area contributed by atoms with E-state index in [1.165, 1.54) is 33.5 Å². The van der Waals surface area contributed by atoms with Gasteiger partial charge in [0, 0.05) is 10.5 Å². The fourth-order valence-electron chi connectivity index (χ4n) is 2.33. The molecule has 0 fully saturated rings. The highest BCUT2D eigenvalue weighted by Crippen LogP contribution is 2.32. The van der Waals surface area contributed by atoms with E-state index in [9.17, 15) is 9.59 Å². The van der Waals surface area contributed by atoms with Gasteiger partial charge in [-0.15, -0.1) is 0 Å². The summed E-state index contributed by atoms with van der Waals surface area (Å²) in [6.07, 6.45) is 3.47.